The van der Waals surface area contributed by atoms with Crippen LogP contribution in [0.5, 0.6) is 0 Å². The summed E-state index contributed by atoms with van der Waals surface area (Å²) >= 11 is 0. The van der Waals surface area contributed by atoms with Crippen molar-refractivity contribution >= 4 is 27.5 Å². The molecule has 31 heavy (non-hydrogen) atoms. The molecule has 1 heterocycles. The lowest BCUT2D eigenvalue weighted by Gasteiger charge is -2.31. The molecule has 1 saturated carbocycles. The van der Waals surface area contributed by atoms with Crippen LogP contribution in [0, 0.1) is 11.8 Å². The van der Waals surface area contributed by atoms with Gasteiger partial charge in [0.1, 0.15) is 0 Å². The molecule has 0 bridgehead atoms. The topological polar surface area (TPSA) is 95.6 Å². The van der Waals surface area contributed by atoms with Crippen molar-refractivity contribution in [1.29, 1.82) is 0 Å². The van der Waals surface area contributed by atoms with E-state index in [-0.39, 0.29) is 23.8 Å². The average Bonchev–Trinajstić information content (AvgIpc) is 2.90. The van der Waals surface area contributed by atoms with E-state index >= 15 is 0 Å². The van der Waals surface area contributed by atoms with Crippen molar-refractivity contribution in [3.8, 4) is 0 Å². The molecule has 3 rings (SSSR count). The Labute approximate surface area is 186 Å². The van der Waals surface area contributed by atoms with Gasteiger partial charge in [-0.1, -0.05) is 13.8 Å². The third kappa shape index (κ3) is 5.29. The number of carbonyl (C=O) groups is 2. The quantitative estimate of drug-likeness (QED) is 0.620. The van der Waals surface area contributed by atoms with Gasteiger partial charge in [0.05, 0.1) is 15.9 Å². The lowest BCUT2D eigenvalue weighted by molar-refractivity contribution is 0.0636. The summed E-state index contributed by atoms with van der Waals surface area (Å²) in [5.74, 6) is 0.238. The summed E-state index contributed by atoms with van der Waals surface area (Å²) in [6.07, 6.45) is 3.52. The van der Waals surface area contributed by atoms with E-state index in [1.54, 1.807) is 32.9 Å². The lowest BCUT2D eigenvalue weighted by Crippen LogP contribution is -2.46. The predicted octanol–water partition coefficient (Wildman–Crippen LogP) is 3.63. The molecule has 1 aromatic carbocycles. The van der Waals surface area contributed by atoms with Gasteiger partial charge in [0, 0.05) is 24.8 Å². The molecular weight excluding hydrogens is 414 g/mol. The number of rotatable bonds is 7. The van der Waals surface area contributed by atoms with E-state index in [0.29, 0.717) is 23.6 Å². The van der Waals surface area contributed by atoms with Crippen molar-refractivity contribution in [2.24, 2.45) is 11.8 Å². The molecule has 0 aromatic heterocycles. The summed E-state index contributed by atoms with van der Waals surface area (Å²) in [5.41, 5.74) is 1.78. The van der Waals surface area contributed by atoms with E-state index in [4.69, 9.17) is 0 Å². The highest BCUT2D eigenvalue weighted by molar-refractivity contribution is 7.90. The molecule has 2 aliphatic rings. The number of nitrogens with one attached hydrogen (secondary N) is 2. The van der Waals surface area contributed by atoms with Gasteiger partial charge in [-0.25, -0.2) is 13.1 Å². The van der Waals surface area contributed by atoms with Crippen molar-refractivity contribution in [2.75, 3.05) is 18.4 Å². The standard InChI is InChI=1S/C23H35N3O4S/c1-15(2)14-26-21(27)19-11-10-18(12-20(19)22(26)28)24-13-16-6-8-17(9-7-16)25-31(29,30)23(3,4)5/h10-12,15-17,24-25H,6-9,13-14H2,1-5H3/t16-,17-. The van der Waals surface area contributed by atoms with Crippen LogP contribution < -0.4 is 10.0 Å². The van der Waals surface area contributed by atoms with Gasteiger partial charge in [0.2, 0.25) is 10.0 Å². The predicted molar refractivity (Wildman–Crippen MR) is 123 cm³/mol. The van der Waals surface area contributed by atoms with Crippen LogP contribution in [0.2, 0.25) is 0 Å². The summed E-state index contributed by atoms with van der Waals surface area (Å²) in [6.45, 7) is 10.3. The number of imide groups is 1. The summed E-state index contributed by atoms with van der Waals surface area (Å²) in [6, 6.07) is 5.36. The van der Waals surface area contributed by atoms with Gasteiger partial charge >= 0.3 is 0 Å². The minimum absolute atomic E-state index is 0.00366. The number of anilines is 1. The molecule has 7 nitrogen and oxygen atoms in total. The van der Waals surface area contributed by atoms with Crippen molar-refractivity contribution in [3.63, 3.8) is 0 Å². The van der Waals surface area contributed by atoms with Crippen LogP contribution in [0.15, 0.2) is 18.2 Å². The van der Waals surface area contributed by atoms with Gasteiger partial charge in [0.15, 0.2) is 0 Å². The highest BCUT2D eigenvalue weighted by atomic mass is 32.2. The highest BCUT2D eigenvalue weighted by Gasteiger charge is 2.36. The van der Waals surface area contributed by atoms with Crippen LogP contribution in [0.1, 0.15) is 81.0 Å². The Morgan fingerprint density at radius 1 is 1.03 bits per heavy atom. The van der Waals surface area contributed by atoms with Crippen LogP contribution in [-0.4, -0.2) is 49.0 Å². The van der Waals surface area contributed by atoms with Crippen LogP contribution in [-0.2, 0) is 10.0 Å². The molecule has 0 spiro atoms. The number of carbonyl (C=O) groups excluding carboxylic acids is 2. The SMILES string of the molecule is CC(C)CN1C(=O)c2ccc(NC[C@H]3CC[C@H](NS(=O)(=O)C(C)(C)C)CC3)cc2C1=O. The molecular formula is C23H35N3O4S. The van der Waals surface area contributed by atoms with Gasteiger partial charge in [0.25, 0.3) is 11.8 Å². The molecule has 1 aliphatic carbocycles. The number of sulfonamides is 1. The maximum absolute atomic E-state index is 12.6. The normalized spacial score (nSPS) is 22.2. The maximum Gasteiger partial charge on any atom is 0.261 e. The molecule has 0 saturated heterocycles. The molecule has 0 atom stereocenters. The van der Waals surface area contributed by atoms with Crippen LogP contribution in [0.25, 0.3) is 0 Å². The Kier molecular flexibility index (Phi) is 6.81. The second-order valence-corrected chi connectivity index (χ2v) is 12.7. The van der Waals surface area contributed by atoms with Gasteiger partial charge < -0.3 is 5.32 Å². The minimum Gasteiger partial charge on any atom is -0.385 e. The zero-order valence-corrected chi connectivity index (χ0v) is 20.0. The fraction of sp³-hybridized carbons (Fsp3) is 0.652. The number of benzene rings is 1. The summed E-state index contributed by atoms with van der Waals surface area (Å²) in [5, 5.41) is 3.40. The van der Waals surface area contributed by atoms with E-state index in [0.717, 1.165) is 37.9 Å². The van der Waals surface area contributed by atoms with Gasteiger partial charge in [-0.2, -0.15) is 0 Å². The van der Waals surface area contributed by atoms with Crippen LogP contribution in [0.3, 0.4) is 0 Å². The largest absolute Gasteiger partial charge is 0.385 e. The fourth-order valence-corrected chi connectivity index (χ4v) is 5.10. The Bertz CT molecular complexity index is 942. The van der Waals surface area contributed by atoms with Crippen LogP contribution in [0.4, 0.5) is 5.69 Å². The molecule has 8 heteroatoms. The number of hydrogen-bond donors (Lipinski definition) is 2. The van der Waals surface area contributed by atoms with E-state index in [9.17, 15) is 18.0 Å². The lowest BCUT2D eigenvalue weighted by atomic mass is 9.86. The molecule has 2 amide bonds. The molecule has 1 aromatic rings. The first-order chi connectivity index (χ1) is 14.4. The smallest absolute Gasteiger partial charge is 0.261 e. The fourth-order valence-electron chi connectivity index (χ4n) is 4.07. The Hall–Kier alpha value is -1.93. The van der Waals surface area contributed by atoms with Crippen molar-refractivity contribution < 1.29 is 18.0 Å². The Morgan fingerprint density at radius 2 is 1.65 bits per heavy atom. The third-order valence-corrected chi connectivity index (χ3v) is 8.34. The van der Waals surface area contributed by atoms with E-state index < -0.39 is 14.8 Å². The number of nitrogens with zero attached hydrogens (tertiary/aromatic N) is 1. The first kappa shape index (κ1) is 23.7. The Balaban J connectivity index is 1.53. The molecule has 1 aliphatic heterocycles. The molecule has 1 fully saturated rings. The summed E-state index contributed by atoms with van der Waals surface area (Å²) in [7, 11) is -3.33. The number of amides is 2. The zero-order valence-electron chi connectivity index (χ0n) is 19.2. The third-order valence-electron chi connectivity index (χ3n) is 6.09. The second kappa shape index (κ2) is 8.90. The molecule has 0 unspecified atom stereocenters. The summed E-state index contributed by atoms with van der Waals surface area (Å²) in [4.78, 5) is 26.5. The zero-order chi connectivity index (χ0) is 23.0. The van der Waals surface area contributed by atoms with E-state index in [1.165, 1.54) is 4.90 Å². The summed E-state index contributed by atoms with van der Waals surface area (Å²) < 4.78 is 26.8. The van der Waals surface area contributed by atoms with E-state index in [1.807, 2.05) is 19.9 Å². The second-order valence-electron chi connectivity index (χ2n) is 10.2. The highest BCUT2D eigenvalue weighted by Crippen LogP contribution is 2.29. The monoisotopic (exact) mass is 449 g/mol. The average molecular weight is 450 g/mol. The van der Waals surface area contributed by atoms with Gasteiger partial charge in [-0.05, 0) is 76.5 Å². The van der Waals surface area contributed by atoms with Gasteiger partial charge in [-0.3, -0.25) is 14.5 Å². The van der Waals surface area contributed by atoms with Crippen molar-refractivity contribution in [2.45, 2.75) is 71.1 Å². The molecule has 2 N–H and O–H groups in total. The van der Waals surface area contributed by atoms with Crippen molar-refractivity contribution in [1.82, 2.24) is 9.62 Å². The molecule has 172 valence electrons. The van der Waals surface area contributed by atoms with Crippen molar-refractivity contribution in [3.05, 3.63) is 29.3 Å². The number of fused-ring (bicyclic) bond motifs is 1. The van der Waals surface area contributed by atoms with Crippen LogP contribution >= 0.6 is 0 Å². The molecule has 0 radical (unpaired) electrons. The minimum atomic E-state index is -3.33. The van der Waals surface area contributed by atoms with E-state index in [2.05, 4.69) is 10.0 Å². The first-order valence-electron chi connectivity index (χ1n) is 11.1. The maximum atomic E-state index is 12.6. The Morgan fingerprint density at radius 3 is 2.23 bits per heavy atom. The first-order valence-corrected chi connectivity index (χ1v) is 12.6. The van der Waals surface area contributed by atoms with Gasteiger partial charge in [-0.15, -0.1) is 0 Å². The number of hydrogen-bond acceptors (Lipinski definition) is 5.